The van der Waals surface area contributed by atoms with Crippen LogP contribution < -0.4 is 14.8 Å². The summed E-state index contributed by atoms with van der Waals surface area (Å²) in [6.45, 7) is 4.85. The van der Waals surface area contributed by atoms with Crippen LogP contribution in [0.25, 0.3) is 0 Å². The Kier molecular flexibility index (Phi) is 6.50. The fourth-order valence-corrected chi connectivity index (χ4v) is 2.38. The SMILES string of the molecule is COc1ccc(NC(=O)c2ccccc2OCCC(C)C)cc1Cl. The lowest BCUT2D eigenvalue weighted by molar-refractivity contribution is 0.102. The number of hydrogen-bond donors (Lipinski definition) is 1. The molecule has 0 saturated heterocycles. The van der Waals surface area contributed by atoms with Crippen molar-refractivity contribution >= 4 is 23.2 Å². The Balaban J connectivity index is 2.10. The number of rotatable bonds is 7. The number of para-hydroxylation sites is 1. The lowest BCUT2D eigenvalue weighted by Crippen LogP contribution is -2.14. The summed E-state index contributed by atoms with van der Waals surface area (Å²) in [5.41, 5.74) is 1.09. The monoisotopic (exact) mass is 347 g/mol. The highest BCUT2D eigenvalue weighted by Crippen LogP contribution is 2.28. The van der Waals surface area contributed by atoms with E-state index in [1.165, 1.54) is 0 Å². The van der Waals surface area contributed by atoms with Gasteiger partial charge in [0.05, 0.1) is 24.3 Å². The zero-order valence-corrected chi connectivity index (χ0v) is 14.9. The van der Waals surface area contributed by atoms with E-state index >= 15 is 0 Å². The van der Waals surface area contributed by atoms with Crippen LogP contribution in [-0.4, -0.2) is 19.6 Å². The summed E-state index contributed by atoms with van der Waals surface area (Å²) in [6.07, 6.45) is 0.935. The fraction of sp³-hybridized carbons (Fsp3) is 0.316. The van der Waals surface area contributed by atoms with Crippen LogP contribution in [-0.2, 0) is 0 Å². The number of carbonyl (C=O) groups is 1. The maximum atomic E-state index is 12.5. The average molecular weight is 348 g/mol. The van der Waals surface area contributed by atoms with Crippen LogP contribution >= 0.6 is 11.6 Å². The van der Waals surface area contributed by atoms with Gasteiger partial charge in [0, 0.05) is 5.69 Å². The second-order valence-corrected chi connectivity index (χ2v) is 6.24. The van der Waals surface area contributed by atoms with Gasteiger partial charge in [-0.1, -0.05) is 37.6 Å². The second-order valence-electron chi connectivity index (χ2n) is 5.83. The average Bonchev–Trinajstić information content (AvgIpc) is 2.55. The summed E-state index contributed by atoms with van der Waals surface area (Å²) in [6, 6.07) is 12.3. The van der Waals surface area contributed by atoms with E-state index in [-0.39, 0.29) is 5.91 Å². The largest absolute Gasteiger partial charge is 0.495 e. The van der Waals surface area contributed by atoms with Gasteiger partial charge >= 0.3 is 0 Å². The molecule has 0 radical (unpaired) electrons. The van der Waals surface area contributed by atoms with Crippen LogP contribution in [0.4, 0.5) is 5.69 Å². The highest BCUT2D eigenvalue weighted by atomic mass is 35.5. The first-order chi connectivity index (χ1) is 11.5. The van der Waals surface area contributed by atoms with E-state index in [0.717, 1.165) is 6.42 Å². The highest BCUT2D eigenvalue weighted by Gasteiger charge is 2.13. The molecule has 0 fully saturated rings. The molecular formula is C19H22ClNO3. The van der Waals surface area contributed by atoms with Crippen LogP contribution in [0, 0.1) is 5.92 Å². The number of ether oxygens (including phenoxy) is 2. The Bertz CT molecular complexity index is 701. The van der Waals surface area contributed by atoms with Crippen molar-refractivity contribution in [2.24, 2.45) is 5.92 Å². The Morgan fingerprint density at radius 3 is 2.58 bits per heavy atom. The smallest absolute Gasteiger partial charge is 0.259 e. The molecule has 4 nitrogen and oxygen atoms in total. The van der Waals surface area contributed by atoms with Crippen molar-refractivity contribution in [3.8, 4) is 11.5 Å². The minimum absolute atomic E-state index is 0.239. The zero-order chi connectivity index (χ0) is 17.5. The molecule has 0 aromatic heterocycles. The Morgan fingerprint density at radius 1 is 1.17 bits per heavy atom. The number of hydrogen-bond acceptors (Lipinski definition) is 3. The maximum Gasteiger partial charge on any atom is 0.259 e. The van der Waals surface area contributed by atoms with E-state index in [2.05, 4.69) is 19.2 Å². The fourth-order valence-electron chi connectivity index (χ4n) is 2.13. The normalized spacial score (nSPS) is 10.5. The predicted molar refractivity (Wildman–Crippen MR) is 97.3 cm³/mol. The molecule has 0 aliphatic heterocycles. The number of nitrogens with one attached hydrogen (secondary N) is 1. The van der Waals surface area contributed by atoms with Crippen molar-refractivity contribution < 1.29 is 14.3 Å². The maximum absolute atomic E-state index is 12.5. The van der Waals surface area contributed by atoms with Crippen molar-refractivity contribution in [1.29, 1.82) is 0 Å². The van der Waals surface area contributed by atoms with Gasteiger partial charge in [-0.05, 0) is 42.7 Å². The molecule has 0 atom stereocenters. The number of amides is 1. The van der Waals surface area contributed by atoms with E-state index in [1.54, 1.807) is 37.4 Å². The molecular weight excluding hydrogens is 326 g/mol. The second kappa shape index (κ2) is 8.60. The molecule has 2 aromatic rings. The molecule has 0 spiro atoms. The van der Waals surface area contributed by atoms with Crippen molar-refractivity contribution in [2.45, 2.75) is 20.3 Å². The van der Waals surface area contributed by atoms with Gasteiger partial charge in [0.25, 0.3) is 5.91 Å². The van der Waals surface area contributed by atoms with E-state index in [4.69, 9.17) is 21.1 Å². The summed E-state index contributed by atoms with van der Waals surface area (Å²) >= 11 is 6.09. The molecule has 24 heavy (non-hydrogen) atoms. The minimum atomic E-state index is -0.239. The minimum Gasteiger partial charge on any atom is -0.495 e. The van der Waals surface area contributed by atoms with Gasteiger partial charge in [0.15, 0.2) is 0 Å². The van der Waals surface area contributed by atoms with E-state index in [1.807, 2.05) is 12.1 Å². The summed E-state index contributed by atoms with van der Waals surface area (Å²) in [5.74, 6) is 1.45. The van der Waals surface area contributed by atoms with Gasteiger partial charge in [0.1, 0.15) is 11.5 Å². The number of anilines is 1. The number of halogens is 1. The number of carbonyl (C=O) groups excluding carboxylic acids is 1. The van der Waals surface area contributed by atoms with Crippen molar-refractivity contribution in [3.05, 3.63) is 53.1 Å². The number of methoxy groups -OCH3 is 1. The molecule has 0 saturated carbocycles. The van der Waals surface area contributed by atoms with Crippen LogP contribution in [0.5, 0.6) is 11.5 Å². The first-order valence-electron chi connectivity index (χ1n) is 7.88. The molecule has 0 aliphatic rings. The molecule has 0 unspecified atom stereocenters. The van der Waals surface area contributed by atoms with Crippen LogP contribution in [0.3, 0.4) is 0 Å². The standard InChI is InChI=1S/C19H22ClNO3/c1-13(2)10-11-24-17-7-5-4-6-15(17)19(22)21-14-8-9-18(23-3)16(20)12-14/h4-9,12-13H,10-11H2,1-3H3,(H,21,22). The van der Waals surface area contributed by atoms with Gasteiger partial charge < -0.3 is 14.8 Å². The summed E-state index contributed by atoms with van der Waals surface area (Å²) < 4.78 is 10.9. The zero-order valence-electron chi connectivity index (χ0n) is 14.1. The van der Waals surface area contributed by atoms with Crippen molar-refractivity contribution in [1.82, 2.24) is 0 Å². The molecule has 1 amide bonds. The third-order valence-corrected chi connectivity index (χ3v) is 3.79. The number of benzene rings is 2. The quantitative estimate of drug-likeness (QED) is 0.764. The summed E-state index contributed by atoms with van der Waals surface area (Å²) in [5, 5.41) is 3.27. The van der Waals surface area contributed by atoms with Gasteiger partial charge in [-0.2, -0.15) is 0 Å². The van der Waals surface area contributed by atoms with Gasteiger partial charge in [-0.25, -0.2) is 0 Å². The molecule has 0 aliphatic carbocycles. The third kappa shape index (κ3) is 4.90. The lowest BCUT2D eigenvalue weighted by atomic mass is 10.1. The van der Waals surface area contributed by atoms with E-state index in [9.17, 15) is 4.79 Å². The van der Waals surface area contributed by atoms with Crippen LogP contribution in [0.15, 0.2) is 42.5 Å². The highest BCUT2D eigenvalue weighted by molar-refractivity contribution is 6.32. The van der Waals surface area contributed by atoms with Crippen LogP contribution in [0.2, 0.25) is 5.02 Å². The van der Waals surface area contributed by atoms with E-state index in [0.29, 0.717) is 40.3 Å². The molecule has 1 N–H and O–H groups in total. The first kappa shape index (κ1) is 18.1. The molecule has 5 heteroatoms. The van der Waals surface area contributed by atoms with E-state index < -0.39 is 0 Å². The van der Waals surface area contributed by atoms with Gasteiger partial charge in [-0.3, -0.25) is 4.79 Å². The molecule has 2 rings (SSSR count). The Labute approximate surface area is 147 Å². The van der Waals surface area contributed by atoms with Gasteiger partial charge in [-0.15, -0.1) is 0 Å². The molecule has 0 bridgehead atoms. The lowest BCUT2D eigenvalue weighted by Gasteiger charge is -2.13. The Morgan fingerprint density at radius 2 is 1.92 bits per heavy atom. The van der Waals surface area contributed by atoms with Crippen molar-refractivity contribution in [3.63, 3.8) is 0 Å². The third-order valence-electron chi connectivity index (χ3n) is 3.49. The van der Waals surface area contributed by atoms with Crippen molar-refractivity contribution in [2.75, 3.05) is 19.0 Å². The van der Waals surface area contributed by atoms with Gasteiger partial charge in [0.2, 0.25) is 0 Å². The Hall–Kier alpha value is -2.20. The van der Waals surface area contributed by atoms with Crippen LogP contribution in [0.1, 0.15) is 30.6 Å². The first-order valence-corrected chi connectivity index (χ1v) is 8.25. The molecule has 128 valence electrons. The predicted octanol–water partition coefficient (Wildman–Crippen LogP) is 5.03. The molecule has 2 aromatic carbocycles. The molecule has 0 heterocycles. The summed E-state index contributed by atoms with van der Waals surface area (Å²) in [7, 11) is 1.55. The summed E-state index contributed by atoms with van der Waals surface area (Å²) in [4.78, 5) is 12.5. The topological polar surface area (TPSA) is 47.6 Å².